The van der Waals surface area contributed by atoms with Gasteiger partial charge in [-0.3, -0.25) is 0 Å². The standard InChI is InChI=1S/C29H48O4Si/c1-9-10-20-26(33-34(7,8)28(2,3)4)27-25(31-29(5,6)32-27)21-16-11-12-17-22-30-23-24-18-14-13-15-19-24/h1,13-15,18-19,25-27H,10-12,16-17,20-23H2,2-8H3/t25-,26+,27-/m0/s1. The molecule has 1 aromatic rings. The lowest BCUT2D eigenvalue weighted by atomic mass is 9.99. The summed E-state index contributed by atoms with van der Waals surface area (Å²) < 4.78 is 25.4. The number of unbranched alkanes of at least 4 members (excludes halogenated alkanes) is 3. The SMILES string of the molecule is C#CCC[C@@H](O[Si](C)(C)C(C)(C)C)[C@H]1OC(C)(C)O[C@H]1CCCCCCOCc1ccccc1. The van der Waals surface area contributed by atoms with Gasteiger partial charge in [0.15, 0.2) is 14.1 Å². The molecule has 3 atom stereocenters. The van der Waals surface area contributed by atoms with Crippen LogP contribution < -0.4 is 0 Å². The zero-order valence-electron chi connectivity index (χ0n) is 22.7. The van der Waals surface area contributed by atoms with Gasteiger partial charge in [-0.05, 0) is 56.8 Å². The summed E-state index contributed by atoms with van der Waals surface area (Å²) in [7, 11) is -1.96. The second-order valence-corrected chi connectivity index (χ2v) is 16.3. The minimum absolute atomic E-state index is 0.0323. The summed E-state index contributed by atoms with van der Waals surface area (Å²) in [6, 6.07) is 10.3. The normalized spacial score (nSPS) is 21.4. The average Bonchev–Trinajstić information content (AvgIpc) is 3.07. The number of hydrogen-bond acceptors (Lipinski definition) is 4. The molecule has 1 aliphatic heterocycles. The minimum atomic E-state index is -1.96. The van der Waals surface area contributed by atoms with E-state index in [1.165, 1.54) is 12.0 Å². The van der Waals surface area contributed by atoms with Crippen molar-refractivity contribution in [2.45, 2.75) is 128 Å². The summed E-state index contributed by atoms with van der Waals surface area (Å²) in [6.07, 6.45) is 12.6. The smallest absolute Gasteiger partial charge is 0.192 e. The highest BCUT2D eigenvalue weighted by Gasteiger charge is 2.48. The fourth-order valence-corrected chi connectivity index (χ4v) is 5.50. The van der Waals surface area contributed by atoms with Crippen LogP contribution in [0.3, 0.4) is 0 Å². The largest absolute Gasteiger partial charge is 0.411 e. The number of benzene rings is 1. The van der Waals surface area contributed by atoms with Gasteiger partial charge in [0.25, 0.3) is 0 Å². The number of rotatable bonds is 14. The lowest BCUT2D eigenvalue weighted by Gasteiger charge is -2.41. The topological polar surface area (TPSA) is 36.9 Å². The van der Waals surface area contributed by atoms with Gasteiger partial charge in [-0.15, -0.1) is 12.3 Å². The predicted octanol–water partition coefficient (Wildman–Crippen LogP) is 7.48. The van der Waals surface area contributed by atoms with E-state index in [-0.39, 0.29) is 23.4 Å². The molecule has 4 nitrogen and oxygen atoms in total. The van der Waals surface area contributed by atoms with Crippen LogP contribution in [0.1, 0.15) is 85.1 Å². The molecular weight excluding hydrogens is 440 g/mol. The third kappa shape index (κ3) is 9.47. The van der Waals surface area contributed by atoms with Gasteiger partial charge in [0, 0.05) is 13.0 Å². The summed E-state index contributed by atoms with van der Waals surface area (Å²) in [5.74, 6) is 2.20. The Morgan fingerprint density at radius 2 is 1.74 bits per heavy atom. The first-order valence-electron chi connectivity index (χ1n) is 13.0. The molecule has 2 rings (SSSR count). The molecule has 0 unspecified atom stereocenters. The van der Waals surface area contributed by atoms with Crippen molar-refractivity contribution in [3.05, 3.63) is 35.9 Å². The van der Waals surface area contributed by atoms with Gasteiger partial charge < -0.3 is 18.6 Å². The molecule has 0 saturated carbocycles. The maximum atomic E-state index is 6.84. The lowest BCUT2D eigenvalue weighted by molar-refractivity contribution is -0.154. The van der Waals surface area contributed by atoms with E-state index in [4.69, 9.17) is 25.1 Å². The zero-order chi connectivity index (χ0) is 25.2. The second-order valence-electron chi connectivity index (χ2n) is 11.5. The van der Waals surface area contributed by atoms with Crippen LogP contribution in [-0.4, -0.2) is 39.0 Å². The van der Waals surface area contributed by atoms with Gasteiger partial charge in [0.1, 0.15) is 6.10 Å². The Hall–Kier alpha value is -1.16. The molecule has 0 N–H and O–H groups in total. The molecule has 1 fully saturated rings. The lowest BCUT2D eigenvalue weighted by Crippen LogP contribution is -2.49. The number of ether oxygens (including phenoxy) is 3. The van der Waals surface area contributed by atoms with Crippen LogP contribution in [0.2, 0.25) is 18.1 Å². The molecule has 1 saturated heterocycles. The highest BCUT2D eigenvalue weighted by molar-refractivity contribution is 6.74. The van der Waals surface area contributed by atoms with Crippen LogP contribution in [0.15, 0.2) is 30.3 Å². The summed E-state index contributed by atoms with van der Waals surface area (Å²) >= 11 is 0. The highest BCUT2D eigenvalue weighted by Crippen LogP contribution is 2.41. The Morgan fingerprint density at radius 3 is 2.38 bits per heavy atom. The van der Waals surface area contributed by atoms with E-state index in [1.54, 1.807) is 0 Å². The van der Waals surface area contributed by atoms with Crippen molar-refractivity contribution in [3.8, 4) is 12.3 Å². The maximum absolute atomic E-state index is 6.84. The molecule has 1 aliphatic rings. The Kier molecular flexibility index (Phi) is 11.3. The number of hydrogen-bond donors (Lipinski definition) is 0. The molecule has 1 aromatic carbocycles. The van der Waals surface area contributed by atoms with Crippen molar-refractivity contribution >= 4 is 8.32 Å². The zero-order valence-corrected chi connectivity index (χ0v) is 23.7. The molecule has 0 bridgehead atoms. The van der Waals surface area contributed by atoms with Gasteiger partial charge in [-0.1, -0.05) is 70.4 Å². The van der Waals surface area contributed by atoms with Gasteiger partial charge in [-0.25, -0.2) is 0 Å². The van der Waals surface area contributed by atoms with E-state index >= 15 is 0 Å². The van der Waals surface area contributed by atoms with E-state index in [0.717, 1.165) is 38.7 Å². The van der Waals surface area contributed by atoms with Crippen LogP contribution in [-0.2, 0) is 25.2 Å². The third-order valence-corrected chi connectivity index (χ3v) is 11.6. The first kappa shape index (κ1) is 29.1. The second kappa shape index (κ2) is 13.2. The van der Waals surface area contributed by atoms with Crippen LogP contribution in [0.5, 0.6) is 0 Å². The van der Waals surface area contributed by atoms with E-state index in [2.05, 4.69) is 64.1 Å². The monoisotopic (exact) mass is 488 g/mol. The van der Waals surface area contributed by atoms with Crippen LogP contribution in [0.25, 0.3) is 0 Å². The summed E-state index contributed by atoms with van der Waals surface area (Å²) in [5.41, 5.74) is 1.23. The molecule has 192 valence electrons. The number of terminal acetylenes is 1. The Labute approximate surface area is 210 Å². The van der Waals surface area contributed by atoms with Crippen molar-refractivity contribution < 1.29 is 18.6 Å². The first-order chi connectivity index (χ1) is 16.0. The molecule has 5 heteroatoms. The van der Waals surface area contributed by atoms with Crippen molar-refractivity contribution in [2.24, 2.45) is 0 Å². The molecule has 0 amide bonds. The van der Waals surface area contributed by atoms with Crippen molar-refractivity contribution in [1.82, 2.24) is 0 Å². The van der Waals surface area contributed by atoms with Gasteiger partial charge in [0.2, 0.25) is 0 Å². The summed E-state index contributed by atoms with van der Waals surface area (Å²) in [6.45, 7) is 16.9. The van der Waals surface area contributed by atoms with E-state index in [9.17, 15) is 0 Å². The maximum Gasteiger partial charge on any atom is 0.192 e. The van der Waals surface area contributed by atoms with E-state index in [0.29, 0.717) is 13.0 Å². The molecular formula is C29H48O4Si. The van der Waals surface area contributed by atoms with E-state index in [1.807, 2.05) is 19.9 Å². The quantitative estimate of drug-likeness (QED) is 0.154. The van der Waals surface area contributed by atoms with Crippen LogP contribution in [0.4, 0.5) is 0 Å². The first-order valence-corrected chi connectivity index (χ1v) is 15.9. The van der Waals surface area contributed by atoms with Gasteiger partial charge >= 0.3 is 0 Å². The van der Waals surface area contributed by atoms with E-state index < -0.39 is 14.1 Å². The Balaban J connectivity index is 1.82. The Morgan fingerprint density at radius 1 is 1.06 bits per heavy atom. The fraction of sp³-hybridized carbons (Fsp3) is 0.724. The minimum Gasteiger partial charge on any atom is -0.411 e. The molecule has 34 heavy (non-hydrogen) atoms. The molecule has 0 aromatic heterocycles. The molecule has 1 heterocycles. The van der Waals surface area contributed by atoms with Gasteiger partial charge in [-0.2, -0.15) is 0 Å². The van der Waals surface area contributed by atoms with Crippen LogP contribution >= 0.6 is 0 Å². The fourth-order valence-electron chi connectivity index (χ4n) is 4.14. The van der Waals surface area contributed by atoms with Crippen LogP contribution in [0, 0.1) is 12.3 Å². The highest BCUT2D eigenvalue weighted by atomic mass is 28.4. The molecule has 0 spiro atoms. The van der Waals surface area contributed by atoms with Crippen molar-refractivity contribution in [1.29, 1.82) is 0 Å². The van der Waals surface area contributed by atoms with Crippen molar-refractivity contribution in [3.63, 3.8) is 0 Å². The van der Waals surface area contributed by atoms with Crippen molar-refractivity contribution in [2.75, 3.05) is 6.61 Å². The van der Waals surface area contributed by atoms with Gasteiger partial charge in [0.05, 0.1) is 18.8 Å². The summed E-state index contributed by atoms with van der Waals surface area (Å²) in [4.78, 5) is 0. The predicted molar refractivity (Wildman–Crippen MR) is 143 cm³/mol. The molecule has 0 radical (unpaired) electrons. The molecule has 0 aliphatic carbocycles. The third-order valence-electron chi connectivity index (χ3n) is 7.05. The average molecular weight is 489 g/mol. The summed E-state index contributed by atoms with van der Waals surface area (Å²) in [5, 5.41) is 0.133. The Bertz CT molecular complexity index is 748.